The van der Waals surface area contributed by atoms with E-state index >= 15 is 0 Å². The number of hydrogen-bond donors (Lipinski definition) is 0. The fourth-order valence-electron chi connectivity index (χ4n) is 3.23. The zero-order valence-corrected chi connectivity index (χ0v) is 18.7. The van der Waals surface area contributed by atoms with Gasteiger partial charge in [0, 0.05) is 5.56 Å². The monoisotopic (exact) mass is 440 g/mol. The van der Waals surface area contributed by atoms with Crippen LogP contribution in [-0.4, -0.2) is 49.8 Å². The number of esters is 1. The lowest BCUT2D eigenvalue weighted by molar-refractivity contribution is -0.140. The molecule has 1 heterocycles. The molecule has 1 amide bonds. The minimum Gasteiger partial charge on any atom is -0.497 e. The highest BCUT2D eigenvalue weighted by Crippen LogP contribution is 2.32. The molecule has 1 saturated heterocycles. The minimum atomic E-state index is -0.512. The van der Waals surface area contributed by atoms with E-state index in [2.05, 4.69) is 6.92 Å². The van der Waals surface area contributed by atoms with Crippen molar-refractivity contribution in [3.8, 4) is 11.5 Å². The van der Waals surface area contributed by atoms with E-state index in [1.807, 2.05) is 24.3 Å². The summed E-state index contributed by atoms with van der Waals surface area (Å²) in [6, 6.07) is 12.8. The molecule has 0 spiro atoms. The lowest BCUT2D eigenvalue weighted by Gasteiger charge is -2.19. The number of rotatable bonds is 7. The molecule has 1 aliphatic heterocycles. The van der Waals surface area contributed by atoms with Crippen LogP contribution in [-0.2, 0) is 20.7 Å². The van der Waals surface area contributed by atoms with Crippen molar-refractivity contribution in [2.45, 2.75) is 13.3 Å². The van der Waals surface area contributed by atoms with Crippen molar-refractivity contribution >= 4 is 41.0 Å². The van der Waals surface area contributed by atoms with Crippen LogP contribution in [0.5, 0.6) is 11.5 Å². The summed E-state index contributed by atoms with van der Waals surface area (Å²) >= 11 is 5.58. The molecule has 7 nitrogen and oxygen atoms in total. The van der Waals surface area contributed by atoms with Gasteiger partial charge in [-0.25, -0.2) is 0 Å². The molecule has 1 fully saturated rings. The number of ether oxygens (including phenoxy) is 3. The van der Waals surface area contributed by atoms with Crippen LogP contribution in [0, 0.1) is 0 Å². The number of carbonyl (C=O) groups is 2. The SMILES string of the molecule is CCc1ccc(N2C(=O)/C(=C/c3cc(OC)ccc3OC)N(CC(=O)OC)C2=S)cc1. The quantitative estimate of drug-likeness (QED) is 0.371. The molecule has 2 aromatic rings. The van der Waals surface area contributed by atoms with E-state index in [1.165, 1.54) is 16.9 Å². The molecule has 3 rings (SSSR count). The van der Waals surface area contributed by atoms with Gasteiger partial charge in [0.25, 0.3) is 5.91 Å². The molecule has 1 aliphatic rings. The second kappa shape index (κ2) is 9.61. The number of aryl methyl sites for hydroxylation is 1. The largest absolute Gasteiger partial charge is 0.497 e. The maximum Gasteiger partial charge on any atom is 0.325 e. The topological polar surface area (TPSA) is 68.3 Å². The Morgan fingerprint density at radius 3 is 2.35 bits per heavy atom. The lowest BCUT2D eigenvalue weighted by Crippen LogP contribution is -2.35. The Bertz CT molecular complexity index is 1030. The molecule has 0 atom stereocenters. The first kappa shape index (κ1) is 22.3. The van der Waals surface area contributed by atoms with E-state index in [-0.39, 0.29) is 23.3 Å². The first-order valence-electron chi connectivity index (χ1n) is 9.68. The molecule has 8 heteroatoms. The fourth-order valence-corrected chi connectivity index (χ4v) is 3.59. The predicted molar refractivity (Wildman–Crippen MR) is 122 cm³/mol. The van der Waals surface area contributed by atoms with Crippen LogP contribution in [0.4, 0.5) is 5.69 Å². The molecule has 0 aliphatic carbocycles. The van der Waals surface area contributed by atoms with Crippen LogP contribution in [0.25, 0.3) is 6.08 Å². The maximum atomic E-state index is 13.4. The maximum absolute atomic E-state index is 13.4. The number of methoxy groups -OCH3 is 3. The van der Waals surface area contributed by atoms with Crippen molar-refractivity contribution in [1.82, 2.24) is 4.90 Å². The van der Waals surface area contributed by atoms with Gasteiger partial charge in [0.1, 0.15) is 23.7 Å². The summed E-state index contributed by atoms with van der Waals surface area (Å²) in [6.45, 7) is 1.86. The lowest BCUT2D eigenvalue weighted by atomic mass is 10.1. The standard InChI is InChI=1S/C23H24N2O5S/c1-5-15-6-8-17(9-7-15)25-22(27)19(24(23(25)31)14-21(26)30-4)13-16-12-18(28-2)10-11-20(16)29-3/h6-13H,5,14H2,1-4H3/b19-13-. The van der Waals surface area contributed by atoms with Gasteiger partial charge in [-0.3, -0.25) is 14.5 Å². The summed E-state index contributed by atoms with van der Waals surface area (Å²) < 4.78 is 15.5. The molecule has 0 saturated carbocycles. The van der Waals surface area contributed by atoms with Crippen LogP contribution < -0.4 is 14.4 Å². The van der Waals surface area contributed by atoms with Crippen LogP contribution in [0.1, 0.15) is 18.1 Å². The fraction of sp³-hybridized carbons (Fsp3) is 0.261. The van der Waals surface area contributed by atoms with Gasteiger partial charge in [0.05, 0.1) is 27.0 Å². The zero-order chi connectivity index (χ0) is 22.5. The van der Waals surface area contributed by atoms with Gasteiger partial charge >= 0.3 is 5.97 Å². The van der Waals surface area contributed by atoms with Crippen molar-refractivity contribution in [2.24, 2.45) is 0 Å². The Balaban J connectivity index is 2.09. The van der Waals surface area contributed by atoms with E-state index < -0.39 is 5.97 Å². The van der Waals surface area contributed by atoms with Crippen molar-refractivity contribution in [3.05, 3.63) is 59.3 Å². The van der Waals surface area contributed by atoms with E-state index in [9.17, 15) is 9.59 Å². The second-order valence-corrected chi connectivity index (χ2v) is 7.11. The zero-order valence-electron chi connectivity index (χ0n) is 17.9. The molecule has 2 aromatic carbocycles. The van der Waals surface area contributed by atoms with Gasteiger partial charge in [0.15, 0.2) is 5.11 Å². The molecule has 0 unspecified atom stereocenters. The molecule has 31 heavy (non-hydrogen) atoms. The first-order chi connectivity index (χ1) is 14.9. The van der Waals surface area contributed by atoms with Crippen molar-refractivity contribution < 1.29 is 23.8 Å². The van der Waals surface area contributed by atoms with Crippen molar-refractivity contribution in [1.29, 1.82) is 0 Å². The highest BCUT2D eigenvalue weighted by Gasteiger charge is 2.40. The molecule has 0 radical (unpaired) electrons. The number of hydrogen-bond acceptors (Lipinski definition) is 6. The summed E-state index contributed by atoms with van der Waals surface area (Å²) in [5.74, 6) is 0.299. The average molecular weight is 441 g/mol. The summed E-state index contributed by atoms with van der Waals surface area (Å²) in [4.78, 5) is 28.3. The molecular weight excluding hydrogens is 416 g/mol. The highest BCUT2D eigenvalue weighted by atomic mass is 32.1. The summed E-state index contributed by atoms with van der Waals surface area (Å²) in [5.41, 5.74) is 2.63. The van der Waals surface area contributed by atoms with Crippen LogP contribution in [0.2, 0.25) is 0 Å². The number of anilines is 1. The van der Waals surface area contributed by atoms with Crippen LogP contribution in [0.15, 0.2) is 48.2 Å². The van der Waals surface area contributed by atoms with Gasteiger partial charge in [-0.2, -0.15) is 0 Å². The van der Waals surface area contributed by atoms with E-state index in [0.29, 0.717) is 22.7 Å². The van der Waals surface area contributed by atoms with Crippen molar-refractivity contribution in [3.63, 3.8) is 0 Å². The van der Waals surface area contributed by atoms with Crippen LogP contribution in [0.3, 0.4) is 0 Å². The molecular formula is C23H24N2O5S. The Hall–Kier alpha value is -3.39. The van der Waals surface area contributed by atoms with Crippen molar-refractivity contribution in [2.75, 3.05) is 32.8 Å². The Morgan fingerprint density at radius 1 is 1.06 bits per heavy atom. The van der Waals surface area contributed by atoms with E-state index in [4.69, 9.17) is 26.4 Å². The predicted octanol–water partition coefficient (Wildman–Crippen LogP) is 3.41. The number of amides is 1. The number of thiocarbonyl (C=S) groups is 1. The summed E-state index contributed by atoms with van der Waals surface area (Å²) in [5, 5.41) is 0.202. The Morgan fingerprint density at radius 2 is 1.77 bits per heavy atom. The van der Waals surface area contributed by atoms with Crippen LogP contribution >= 0.6 is 12.2 Å². The van der Waals surface area contributed by atoms with Gasteiger partial charge in [-0.1, -0.05) is 19.1 Å². The first-order valence-corrected chi connectivity index (χ1v) is 10.1. The third-order valence-electron chi connectivity index (χ3n) is 4.98. The van der Waals surface area contributed by atoms with E-state index in [0.717, 1.165) is 12.0 Å². The smallest absolute Gasteiger partial charge is 0.325 e. The van der Waals surface area contributed by atoms with Gasteiger partial charge in [0.2, 0.25) is 0 Å². The molecule has 0 aromatic heterocycles. The summed E-state index contributed by atoms with van der Waals surface area (Å²) in [6.07, 6.45) is 2.52. The Labute approximate surface area is 186 Å². The normalized spacial score (nSPS) is 14.9. The van der Waals surface area contributed by atoms with Gasteiger partial charge in [-0.05, 0) is 60.6 Å². The summed E-state index contributed by atoms with van der Waals surface area (Å²) in [7, 11) is 4.39. The van der Waals surface area contributed by atoms with Gasteiger partial charge < -0.3 is 19.1 Å². The molecule has 162 valence electrons. The second-order valence-electron chi connectivity index (χ2n) is 6.74. The average Bonchev–Trinajstić information content (AvgIpc) is 3.02. The Kier molecular flexibility index (Phi) is 6.91. The number of nitrogens with zero attached hydrogens (tertiary/aromatic N) is 2. The van der Waals surface area contributed by atoms with E-state index in [1.54, 1.807) is 38.5 Å². The number of carbonyl (C=O) groups excluding carboxylic acids is 2. The molecule has 0 N–H and O–H groups in total. The highest BCUT2D eigenvalue weighted by molar-refractivity contribution is 7.80. The number of benzene rings is 2. The van der Waals surface area contributed by atoms with Gasteiger partial charge in [-0.15, -0.1) is 0 Å². The third kappa shape index (κ3) is 4.54. The molecule has 0 bridgehead atoms. The minimum absolute atomic E-state index is 0.192. The third-order valence-corrected chi connectivity index (χ3v) is 5.38.